The van der Waals surface area contributed by atoms with Crippen molar-refractivity contribution in [1.82, 2.24) is 0 Å². The van der Waals surface area contributed by atoms with Crippen LogP contribution in [-0.4, -0.2) is 13.2 Å². The molecule has 0 amide bonds. The predicted molar refractivity (Wildman–Crippen MR) is 86.5 cm³/mol. The number of benzene rings is 2. The average Bonchev–Trinajstić information content (AvgIpc) is 2.48. The summed E-state index contributed by atoms with van der Waals surface area (Å²) in [5.41, 5.74) is 12.9. The van der Waals surface area contributed by atoms with Gasteiger partial charge >= 0.3 is 0 Å². The number of rotatable bonds is 8. The van der Waals surface area contributed by atoms with Crippen LogP contribution in [0.1, 0.15) is 19.3 Å². The van der Waals surface area contributed by atoms with E-state index in [1.165, 1.54) is 0 Å². The minimum Gasteiger partial charge on any atom is -0.494 e. The van der Waals surface area contributed by atoms with E-state index in [2.05, 4.69) is 0 Å². The Kier molecular flexibility index (Phi) is 5.76. The first-order chi connectivity index (χ1) is 10.3. The average molecular weight is 286 g/mol. The van der Waals surface area contributed by atoms with Gasteiger partial charge in [-0.3, -0.25) is 0 Å². The topological polar surface area (TPSA) is 70.5 Å². The van der Waals surface area contributed by atoms with E-state index in [1.807, 2.05) is 48.5 Å². The fourth-order valence-corrected chi connectivity index (χ4v) is 1.97. The molecule has 0 radical (unpaired) electrons. The van der Waals surface area contributed by atoms with Crippen LogP contribution in [0.15, 0.2) is 48.5 Å². The molecule has 4 heteroatoms. The van der Waals surface area contributed by atoms with Crippen LogP contribution in [0.3, 0.4) is 0 Å². The molecule has 4 nitrogen and oxygen atoms in total. The summed E-state index contributed by atoms with van der Waals surface area (Å²) in [6.07, 6.45) is 3.02. The summed E-state index contributed by atoms with van der Waals surface area (Å²) in [6, 6.07) is 15.0. The first-order valence-electron chi connectivity index (χ1n) is 7.21. The van der Waals surface area contributed by atoms with Gasteiger partial charge in [0.2, 0.25) is 0 Å². The van der Waals surface area contributed by atoms with Crippen molar-refractivity contribution >= 4 is 11.4 Å². The predicted octanol–water partition coefficient (Wildman–Crippen LogP) is 3.48. The molecule has 0 aromatic heterocycles. The van der Waals surface area contributed by atoms with Gasteiger partial charge in [0.15, 0.2) is 0 Å². The van der Waals surface area contributed by atoms with Gasteiger partial charge < -0.3 is 20.9 Å². The third-order valence-corrected chi connectivity index (χ3v) is 3.09. The lowest BCUT2D eigenvalue weighted by Gasteiger charge is -2.09. The van der Waals surface area contributed by atoms with Gasteiger partial charge in [-0.05, 0) is 43.5 Å². The molecule has 0 fully saturated rings. The highest BCUT2D eigenvalue weighted by atomic mass is 16.5. The van der Waals surface area contributed by atoms with E-state index in [9.17, 15) is 0 Å². The second-order valence-corrected chi connectivity index (χ2v) is 4.87. The SMILES string of the molecule is Nc1cccc(OCCCCCOc2ccccc2N)c1. The van der Waals surface area contributed by atoms with Crippen LogP contribution in [0.2, 0.25) is 0 Å². The van der Waals surface area contributed by atoms with Gasteiger partial charge in [0.05, 0.1) is 18.9 Å². The second kappa shape index (κ2) is 8.04. The van der Waals surface area contributed by atoms with E-state index in [-0.39, 0.29) is 0 Å². The number of nitrogens with two attached hydrogens (primary N) is 2. The number of hydrogen-bond acceptors (Lipinski definition) is 4. The molecule has 0 aliphatic carbocycles. The Morgan fingerprint density at radius 3 is 2.29 bits per heavy atom. The zero-order valence-electron chi connectivity index (χ0n) is 12.1. The van der Waals surface area contributed by atoms with E-state index >= 15 is 0 Å². The molecule has 21 heavy (non-hydrogen) atoms. The van der Waals surface area contributed by atoms with Crippen molar-refractivity contribution in [2.75, 3.05) is 24.7 Å². The standard InChI is InChI=1S/C17H22N2O2/c18-14-7-6-8-15(13-14)20-11-4-1-5-12-21-17-10-3-2-9-16(17)19/h2-3,6-10,13H,1,4-5,11-12,18-19H2. The van der Waals surface area contributed by atoms with E-state index < -0.39 is 0 Å². The van der Waals surface area contributed by atoms with Crippen molar-refractivity contribution in [3.8, 4) is 11.5 Å². The number of hydrogen-bond donors (Lipinski definition) is 2. The van der Waals surface area contributed by atoms with Crippen molar-refractivity contribution in [2.24, 2.45) is 0 Å². The normalized spacial score (nSPS) is 10.3. The molecule has 0 saturated carbocycles. The van der Waals surface area contributed by atoms with Gasteiger partial charge in [-0.25, -0.2) is 0 Å². The molecular weight excluding hydrogens is 264 g/mol. The molecule has 0 unspecified atom stereocenters. The van der Waals surface area contributed by atoms with Gasteiger partial charge in [0.25, 0.3) is 0 Å². The lowest BCUT2D eigenvalue weighted by molar-refractivity contribution is 0.280. The molecule has 4 N–H and O–H groups in total. The largest absolute Gasteiger partial charge is 0.494 e. The van der Waals surface area contributed by atoms with Gasteiger partial charge in [-0.1, -0.05) is 18.2 Å². The number of ether oxygens (including phenoxy) is 2. The van der Waals surface area contributed by atoms with Crippen LogP contribution < -0.4 is 20.9 Å². The minimum absolute atomic E-state index is 0.673. The van der Waals surface area contributed by atoms with Gasteiger partial charge in [-0.15, -0.1) is 0 Å². The lowest BCUT2D eigenvalue weighted by Crippen LogP contribution is -2.02. The molecule has 0 aliphatic rings. The Hall–Kier alpha value is -2.36. The van der Waals surface area contributed by atoms with Crippen molar-refractivity contribution in [3.05, 3.63) is 48.5 Å². The molecule has 0 atom stereocenters. The zero-order valence-corrected chi connectivity index (χ0v) is 12.1. The molecule has 0 aliphatic heterocycles. The zero-order chi connectivity index (χ0) is 14.9. The highest BCUT2D eigenvalue weighted by Crippen LogP contribution is 2.20. The first kappa shape index (κ1) is 15.0. The number of para-hydroxylation sites is 2. The Labute approximate surface area is 125 Å². The molecular formula is C17H22N2O2. The maximum Gasteiger partial charge on any atom is 0.142 e. The van der Waals surface area contributed by atoms with E-state index in [0.29, 0.717) is 18.9 Å². The molecule has 2 rings (SSSR count). The minimum atomic E-state index is 0.673. The van der Waals surface area contributed by atoms with Gasteiger partial charge in [0.1, 0.15) is 11.5 Å². The number of anilines is 2. The molecule has 0 heterocycles. The molecule has 112 valence electrons. The van der Waals surface area contributed by atoms with Crippen molar-refractivity contribution < 1.29 is 9.47 Å². The smallest absolute Gasteiger partial charge is 0.142 e. The Bertz CT molecular complexity index is 558. The van der Waals surface area contributed by atoms with Crippen LogP contribution >= 0.6 is 0 Å². The molecule has 0 bridgehead atoms. The van der Waals surface area contributed by atoms with Crippen molar-refractivity contribution in [2.45, 2.75) is 19.3 Å². The summed E-state index contributed by atoms with van der Waals surface area (Å²) < 4.78 is 11.3. The summed E-state index contributed by atoms with van der Waals surface area (Å²) in [6.45, 7) is 1.36. The van der Waals surface area contributed by atoms with Crippen molar-refractivity contribution in [3.63, 3.8) is 0 Å². The maximum atomic E-state index is 5.80. The van der Waals surface area contributed by atoms with Crippen LogP contribution in [0.25, 0.3) is 0 Å². The van der Waals surface area contributed by atoms with Crippen molar-refractivity contribution in [1.29, 1.82) is 0 Å². The number of unbranched alkanes of at least 4 members (excludes halogenated alkanes) is 2. The summed E-state index contributed by atoms with van der Waals surface area (Å²) in [5, 5.41) is 0. The third kappa shape index (κ3) is 5.26. The lowest BCUT2D eigenvalue weighted by atomic mass is 10.2. The highest BCUT2D eigenvalue weighted by Gasteiger charge is 1.98. The van der Waals surface area contributed by atoms with E-state index in [0.717, 1.165) is 36.4 Å². The Morgan fingerprint density at radius 1 is 0.762 bits per heavy atom. The fourth-order valence-electron chi connectivity index (χ4n) is 1.97. The second-order valence-electron chi connectivity index (χ2n) is 4.87. The fraction of sp³-hybridized carbons (Fsp3) is 0.294. The van der Waals surface area contributed by atoms with Gasteiger partial charge in [0, 0.05) is 11.8 Å². The monoisotopic (exact) mass is 286 g/mol. The van der Waals surface area contributed by atoms with E-state index in [1.54, 1.807) is 0 Å². The summed E-state index contributed by atoms with van der Waals surface area (Å²) in [5.74, 6) is 1.58. The maximum absolute atomic E-state index is 5.80. The van der Waals surface area contributed by atoms with E-state index in [4.69, 9.17) is 20.9 Å². The van der Waals surface area contributed by atoms with Gasteiger partial charge in [-0.2, -0.15) is 0 Å². The molecule has 2 aromatic carbocycles. The molecule has 0 saturated heterocycles. The van der Waals surface area contributed by atoms with Crippen LogP contribution in [0, 0.1) is 0 Å². The van der Waals surface area contributed by atoms with Crippen LogP contribution in [-0.2, 0) is 0 Å². The first-order valence-corrected chi connectivity index (χ1v) is 7.21. The summed E-state index contributed by atoms with van der Waals surface area (Å²) in [4.78, 5) is 0. The Balaban J connectivity index is 1.55. The summed E-state index contributed by atoms with van der Waals surface area (Å²) >= 11 is 0. The third-order valence-electron chi connectivity index (χ3n) is 3.09. The van der Waals surface area contributed by atoms with Crippen LogP contribution in [0.5, 0.6) is 11.5 Å². The molecule has 0 spiro atoms. The summed E-state index contributed by atoms with van der Waals surface area (Å²) in [7, 11) is 0. The quantitative estimate of drug-likeness (QED) is 0.575. The van der Waals surface area contributed by atoms with Crippen LogP contribution in [0.4, 0.5) is 11.4 Å². The molecule has 2 aromatic rings. The Morgan fingerprint density at radius 2 is 1.52 bits per heavy atom. The highest BCUT2D eigenvalue weighted by molar-refractivity contribution is 5.51. The number of nitrogen functional groups attached to an aromatic ring is 2.